The number of aromatic nitrogens is 2. The Morgan fingerprint density at radius 2 is 2.07 bits per heavy atom. The van der Waals surface area contributed by atoms with E-state index in [0.29, 0.717) is 31.7 Å². The second-order valence-corrected chi connectivity index (χ2v) is 7.36. The number of piperidine rings is 1. The number of anilines is 1. The number of carbonyl (C=O) groups excluding carboxylic acids is 1. The molecule has 0 saturated carbocycles. The molecular weight excluding hydrogens is 377 g/mol. The summed E-state index contributed by atoms with van der Waals surface area (Å²) in [6.45, 7) is 3.15. The van der Waals surface area contributed by atoms with Gasteiger partial charge < -0.3 is 10.2 Å². The smallest absolute Gasteiger partial charge is 0.356 e. The lowest BCUT2D eigenvalue weighted by Crippen LogP contribution is -2.44. The molecule has 1 aliphatic heterocycles. The van der Waals surface area contributed by atoms with E-state index in [2.05, 4.69) is 15.3 Å². The molecule has 3 heterocycles. The number of halogens is 3. The summed E-state index contributed by atoms with van der Waals surface area (Å²) in [6, 6.07) is 2.46. The zero-order chi connectivity index (χ0) is 19.4. The average Bonchev–Trinajstić information content (AvgIpc) is 3.05. The summed E-state index contributed by atoms with van der Waals surface area (Å²) in [4.78, 5) is 22.1. The standard InChI is InChI=1S/C18H19F3N4OS/c1-12-23-15(11-27-12)3-5-17(26)24-14-6-8-25(9-7-14)16-4-2-13(10-22-16)18(19,20)21/h2-5,10-11,14H,6-9H2,1H3,(H,24,26)/b5-3+. The first-order chi connectivity index (χ1) is 12.8. The number of hydrogen-bond donors (Lipinski definition) is 1. The Labute approximate surface area is 158 Å². The van der Waals surface area contributed by atoms with Crippen molar-refractivity contribution in [2.45, 2.75) is 32.0 Å². The minimum absolute atomic E-state index is 0.0324. The molecule has 1 amide bonds. The molecule has 0 radical (unpaired) electrons. The summed E-state index contributed by atoms with van der Waals surface area (Å²) < 4.78 is 37.8. The van der Waals surface area contributed by atoms with Gasteiger partial charge in [0.05, 0.1) is 16.3 Å². The van der Waals surface area contributed by atoms with Crippen molar-refractivity contribution in [3.8, 4) is 0 Å². The van der Waals surface area contributed by atoms with Crippen LogP contribution in [0, 0.1) is 6.92 Å². The van der Waals surface area contributed by atoms with Gasteiger partial charge in [-0.2, -0.15) is 13.2 Å². The van der Waals surface area contributed by atoms with Crippen molar-refractivity contribution < 1.29 is 18.0 Å². The minimum Gasteiger partial charge on any atom is -0.356 e. The predicted molar refractivity (Wildman–Crippen MR) is 98.5 cm³/mol. The van der Waals surface area contributed by atoms with Crippen LogP contribution in [0.25, 0.3) is 6.08 Å². The van der Waals surface area contributed by atoms with E-state index in [1.165, 1.54) is 23.5 Å². The van der Waals surface area contributed by atoms with Crippen molar-refractivity contribution in [3.05, 3.63) is 46.1 Å². The number of alkyl halides is 3. The SMILES string of the molecule is Cc1nc(/C=C/C(=O)NC2CCN(c3ccc(C(F)(F)F)cn3)CC2)cs1. The molecule has 2 aromatic heterocycles. The van der Waals surface area contributed by atoms with Crippen molar-refractivity contribution >= 4 is 29.1 Å². The van der Waals surface area contributed by atoms with E-state index in [1.54, 1.807) is 6.08 Å². The van der Waals surface area contributed by atoms with Crippen LogP contribution in [-0.4, -0.2) is 35.0 Å². The summed E-state index contributed by atoms with van der Waals surface area (Å²) in [5, 5.41) is 5.78. The highest BCUT2D eigenvalue weighted by Crippen LogP contribution is 2.29. The Hall–Kier alpha value is -2.42. The molecule has 0 unspecified atom stereocenters. The lowest BCUT2D eigenvalue weighted by molar-refractivity contribution is -0.137. The van der Waals surface area contributed by atoms with Gasteiger partial charge in [0.1, 0.15) is 5.82 Å². The number of aryl methyl sites for hydroxylation is 1. The molecule has 0 bridgehead atoms. The molecule has 1 fully saturated rings. The van der Waals surface area contributed by atoms with Gasteiger partial charge in [-0.05, 0) is 38.0 Å². The molecule has 9 heteroatoms. The average molecular weight is 396 g/mol. The van der Waals surface area contributed by atoms with Crippen LogP contribution in [0.2, 0.25) is 0 Å². The topological polar surface area (TPSA) is 58.1 Å². The number of rotatable bonds is 4. The lowest BCUT2D eigenvalue weighted by Gasteiger charge is -2.33. The van der Waals surface area contributed by atoms with Crippen LogP contribution in [-0.2, 0) is 11.0 Å². The van der Waals surface area contributed by atoms with E-state index in [9.17, 15) is 18.0 Å². The first-order valence-electron chi connectivity index (χ1n) is 8.50. The van der Waals surface area contributed by atoms with E-state index >= 15 is 0 Å². The number of pyridine rings is 1. The van der Waals surface area contributed by atoms with Gasteiger partial charge in [-0.1, -0.05) is 0 Å². The van der Waals surface area contributed by atoms with E-state index in [4.69, 9.17) is 0 Å². The Morgan fingerprint density at radius 3 is 2.63 bits per heavy atom. The second-order valence-electron chi connectivity index (χ2n) is 6.30. The molecule has 0 spiro atoms. The summed E-state index contributed by atoms with van der Waals surface area (Å²) in [5.74, 6) is 0.346. The van der Waals surface area contributed by atoms with Crippen molar-refractivity contribution in [2.75, 3.05) is 18.0 Å². The van der Waals surface area contributed by atoms with Crippen molar-refractivity contribution in [2.24, 2.45) is 0 Å². The molecule has 144 valence electrons. The monoisotopic (exact) mass is 396 g/mol. The van der Waals surface area contributed by atoms with Gasteiger partial charge in [0, 0.05) is 36.8 Å². The molecular formula is C18H19F3N4OS. The van der Waals surface area contributed by atoms with Gasteiger partial charge >= 0.3 is 6.18 Å². The maximum Gasteiger partial charge on any atom is 0.417 e. The molecule has 27 heavy (non-hydrogen) atoms. The largest absolute Gasteiger partial charge is 0.417 e. The highest BCUT2D eigenvalue weighted by atomic mass is 32.1. The summed E-state index contributed by atoms with van der Waals surface area (Å²) in [7, 11) is 0. The fraction of sp³-hybridized carbons (Fsp3) is 0.389. The molecule has 0 aromatic carbocycles. The lowest BCUT2D eigenvalue weighted by atomic mass is 10.0. The molecule has 0 atom stereocenters. The van der Waals surface area contributed by atoms with Crippen LogP contribution in [0.1, 0.15) is 29.1 Å². The van der Waals surface area contributed by atoms with Gasteiger partial charge in [-0.15, -0.1) is 11.3 Å². The Balaban J connectivity index is 1.48. The molecule has 1 N–H and O–H groups in total. The van der Waals surface area contributed by atoms with Crippen LogP contribution < -0.4 is 10.2 Å². The predicted octanol–water partition coefficient (Wildman–Crippen LogP) is 3.66. The fourth-order valence-corrected chi connectivity index (χ4v) is 3.44. The Morgan fingerprint density at radius 1 is 1.33 bits per heavy atom. The maximum absolute atomic E-state index is 12.6. The highest BCUT2D eigenvalue weighted by Gasteiger charge is 2.31. The number of hydrogen-bond acceptors (Lipinski definition) is 5. The molecule has 2 aromatic rings. The van der Waals surface area contributed by atoms with E-state index in [1.807, 2.05) is 17.2 Å². The molecule has 5 nitrogen and oxygen atoms in total. The molecule has 1 aliphatic rings. The summed E-state index contributed by atoms with van der Waals surface area (Å²) in [5.41, 5.74) is 0.00587. The third-order valence-electron chi connectivity index (χ3n) is 4.28. The minimum atomic E-state index is -4.38. The molecule has 3 rings (SSSR count). The number of thiazole rings is 1. The van der Waals surface area contributed by atoms with Gasteiger partial charge in [-0.25, -0.2) is 9.97 Å². The third-order valence-corrected chi connectivity index (χ3v) is 5.07. The van der Waals surface area contributed by atoms with Crippen LogP contribution in [0.3, 0.4) is 0 Å². The highest BCUT2D eigenvalue weighted by molar-refractivity contribution is 7.09. The quantitative estimate of drug-likeness (QED) is 0.802. The normalized spacial score (nSPS) is 16.1. The van der Waals surface area contributed by atoms with Gasteiger partial charge in [0.2, 0.25) is 5.91 Å². The molecule has 0 aliphatic carbocycles. The maximum atomic E-state index is 12.6. The number of amides is 1. The number of nitrogens with one attached hydrogen (secondary N) is 1. The summed E-state index contributed by atoms with van der Waals surface area (Å²) >= 11 is 1.52. The first kappa shape index (κ1) is 19.3. The van der Waals surface area contributed by atoms with Crippen LogP contribution in [0.15, 0.2) is 29.8 Å². The van der Waals surface area contributed by atoms with Crippen molar-refractivity contribution in [1.82, 2.24) is 15.3 Å². The van der Waals surface area contributed by atoms with E-state index in [0.717, 1.165) is 23.0 Å². The zero-order valence-corrected chi connectivity index (χ0v) is 15.5. The van der Waals surface area contributed by atoms with Gasteiger partial charge in [0.25, 0.3) is 0 Å². The van der Waals surface area contributed by atoms with Crippen LogP contribution in [0.5, 0.6) is 0 Å². The Kier molecular flexibility index (Phi) is 5.79. The number of nitrogens with zero attached hydrogens (tertiary/aromatic N) is 3. The van der Waals surface area contributed by atoms with Crippen LogP contribution >= 0.6 is 11.3 Å². The van der Waals surface area contributed by atoms with Crippen molar-refractivity contribution in [3.63, 3.8) is 0 Å². The van der Waals surface area contributed by atoms with Gasteiger partial charge in [-0.3, -0.25) is 4.79 Å². The van der Waals surface area contributed by atoms with Crippen LogP contribution in [0.4, 0.5) is 19.0 Å². The van der Waals surface area contributed by atoms with E-state index < -0.39 is 11.7 Å². The third kappa shape index (κ3) is 5.29. The van der Waals surface area contributed by atoms with Crippen molar-refractivity contribution in [1.29, 1.82) is 0 Å². The Bertz CT molecular complexity index is 809. The number of carbonyl (C=O) groups is 1. The molecule has 1 saturated heterocycles. The zero-order valence-electron chi connectivity index (χ0n) is 14.7. The van der Waals surface area contributed by atoms with E-state index in [-0.39, 0.29) is 11.9 Å². The fourth-order valence-electron chi connectivity index (χ4n) is 2.86. The first-order valence-corrected chi connectivity index (χ1v) is 9.38. The summed E-state index contributed by atoms with van der Waals surface area (Å²) in [6.07, 6.45) is 1.04. The van der Waals surface area contributed by atoms with Gasteiger partial charge in [0.15, 0.2) is 0 Å². The second kappa shape index (κ2) is 8.08.